The van der Waals surface area contributed by atoms with E-state index in [0.717, 1.165) is 32.5 Å². The Morgan fingerprint density at radius 3 is 2.67 bits per heavy atom. The molecular formula is C16H32N2O3. The van der Waals surface area contributed by atoms with Crippen LogP contribution in [0.25, 0.3) is 0 Å². The van der Waals surface area contributed by atoms with Gasteiger partial charge >= 0.3 is 5.97 Å². The number of hydrogen-bond donors (Lipinski definition) is 1. The van der Waals surface area contributed by atoms with Crippen LogP contribution in [0.2, 0.25) is 0 Å². The van der Waals surface area contributed by atoms with E-state index in [1.54, 1.807) is 0 Å². The third-order valence-electron chi connectivity index (χ3n) is 4.20. The summed E-state index contributed by atoms with van der Waals surface area (Å²) in [6.45, 7) is 13.0. The Hall–Kier alpha value is -0.650. The van der Waals surface area contributed by atoms with Crippen LogP contribution in [0.3, 0.4) is 0 Å². The number of carbonyl (C=O) groups is 1. The van der Waals surface area contributed by atoms with Crippen molar-refractivity contribution >= 4 is 5.97 Å². The Kier molecular flexibility index (Phi) is 7.10. The number of rotatable bonds is 7. The van der Waals surface area contributed by atoms with Crippen molar-refractivity contribution in [1.82, 2.24) is 10.2 Å². The van der Waals surface area contributed by atoms with Gasteiger partial charge in [0.05, 0.1) is 19.8 Å². The van der Waals surface area contributed by atoms with Crippen molar-refractivity contribution in [3.63, 3.8) is 0 Å². The first kappa shape index (κ1) is 18.4. The topological polar surface area (TPSA) is 50.8 Å². The lowest BCUT2D eigenvalue weighted by Gasteiger charge is -2.40. The second kappa shape index (κ2) is 8.11. The van der Waals surface area contributed by atoms with E-state index in [2.05, 4.69) is 24.1 Å². The molecule has 1 heterocycles. The van der Waals surface area contributed by atoms with E-state index < -0.39 is 5.54 Å². The molecule has 1 rings (SSSR count). The Bertz CT molecular complexity index is 335. The minimum atomic E-state index is -0.650. The van der Waals surface area contributed by atoms with E-state index in [-0.39, 0.29) is 12.0 Å². The van der Waals surface area contributed by atoms with Gasteiger partial charge in [-0.2, -0.15) is 0 Å². The molecule has 3 atom stereocenters. The summed E-state index contributed by atoms with van der Waals surface area (Å²) in [5, 5.41) is 3.37. The molecule has 1 N–H and O–H groups in total. The molecule has 0 aromatic rings. The maximum Gasteiger partial charge on any atom is 0.325 e. The van der Waals surface area contributed by atoms with Crippen LogP contribution in [0, 0.1) is 0 Å². The van der Waals surface area contributed by atoms with Crippen molar-refractivity contribution in [1.29, 1.82) is 0 Å². The van der Waals surface area contributed by atoms with Gasteiger partial charge in [-0.25, -0.2) is 0 Å². The van der Waals surface area contributed by atoms with Crippen molar-refractivity contribution in [2.75, 3.05) is 26.8 Å². The molecule has 0 saturated carbocycles. The standard InChI is InChI=1S/C16H32N2O3/c1-7-14-11-18(8-9-21-14)13(4)10-16(5,15(19)20-6)17-12(2)3/h12-14,17H,7-11H2,1-6H3. The molecule has 0 spiro atoms. The molecule has 0 aromatic heterocycles. The van der Waals surface area contributed by atoms with Gasteiger partial charge < -0.3 is 9.47 Å². The number of methoxy groups -OCH3 is 1. The molecule has 1 aliphatic heterocycles. The van der Waals surface area contributed by atoms with Crippen LogP contribution < -0.4 is 5.32 Å². The van der Waals surface area contributed by atoms with E-state index in [1.807, 2.05) is 20.8 Å². The molecule has 0 radical (unpaired) electrons. The van der Waals surface area contributed by atoms with Crippen molar-refractivity contribution in [3.05, 3.63) is 0 Å². The Balaban J connectivity index is 2.71. The molecule has 1 fully saturated rings. The van der Waals surface area contributed by atoms with Gasteiger partial charge in [-0.1, -0.05) is 6.92 Å². The van der Waals surface area contributed by atoms with Gasteiger partial charge in [-0.15, -0.1) is 0 Å². The lowest BCUT2D eigenvalue weighted by Crippen LogP contribution is -2.57. The number of hydrogen-bond acceptors (Lipinski definition) is 5. The monoisotopic (exact) mass is 300 g/mol. The summed E-state index contributed by atoms with van der Waals surface area (Å²) >= 11 is 0. The van der Waals surface area contributed by atoms with E-state index in [1.165, 1.54) is 7.11 Å². The fourth-order valence-corrected chi connectivity index (χ4v) is 3.17. The lowest BCUT2D eigenvalue weighted by molar-refractivity contribution is -0.149. The predicted molar refractivity (Wildman–Crippen MR) is 84.4 cm³/mol. The second-order valence-electron chi connectivity index (χ2n) is 6.57. The van der Waals surface area contributed by atoms with Crippen LogP contribution in [-0.2, 0) is 14.3 Å². The zero-order chi connectivity index (χ0) is 16.0. The first-order valence-corrected chi connectivity index (χ1v) is 8.04. The minimum Gasteiger partial charge on any atom is -0.468 e. The van der Waals surface area contributed by atoms with Crippen LogP contribution in [0.15, 0.2) is 0 Å². The molecule has 0 bridgehead atoms. The molecule has 0 aliphatic carbocycles. The minimum absolute atomic E-state index is 0.191. The van der Waals surface area contributed by atoms with Gasteiger partial charge in [0.25, 0.3) is 0 Å². The van der Waals surface area contributed by atoms with Gasteiger partial charge in [0.2, 0.25) is 0 Å². The number of carbonyl (C=O) groups excluding carboxylic acids is 1. The summed E-state index contributed by atoms with van der Waals surface area (Å²) < 4.78 is 10.7. The first-order valence-electron chi connectivity index (χ1n) is 8.04. The number of esters is 1. The molecule has 3 unspecified atom stereocenters. The molecule has 0 aromatic carbocycles. The normalized spacial score (nSPS) is 24.6. The smallest absolute Gasteiger partial charge is 0.325 e. The van der Waals surface area contributed by atoms with Crippen LogP contribution >= 0.6 is 0 Å². The zero-order valence-electron chi connectivity index (χ0n) is 14.4. The van der Waals surface area contributed by atoms with E-state index >= 15 is 0 Å². The van der Waals surface area contributed by atoms with Gasteiger partial charge in [-0.3, -0.25) is 15.0 Å². The Morgan fingerprint density at radius 2 is 2.14 bits per heavy atom. The molecule has 0 amide bonds. The molecule has 1 saturated heterocycles. The van der Waals surface area contributed by atoms with E-state index in [0.29, 0.717) is 12.1 Å². The summed E-state index contributed by atoms with van der Waals surface area (Å²) in [4.78, 5) is 14.6. The largest absolute Gasteiger partial charge is 0.468 e. The zero-order valence-corrected chi connectivity index (χ0v) is 14.4. The van der Waals surface area contributed by atoms with Crippen LogP contribution in [-0.4, -0.2) is 61.4 Å². The maximum atomic E-state index is 12.2. The fourth-order valence-electron chi connectivity index (χ4n) is 3.17. The molecule has 5 nitrogen and oxygen atoms in total. The quantitative estimate of drug-likeness (QED) is 0.727. The summed E-state index contributed by atoms with van der Waals surface area (Å²) in [7, 11) is 1.45. The molecule has 21 heavy (non-hydrogen) atoms. The van der Waals surface area contributed by atoms with Crippen molar-refractivity contribution in [2.24, 2.45) is 0 Å². The first-order chi connectivity index (χ1) is 9.82. The lowest BCUT2D eigenvalue weighted by atomic mass is 9.91. The third-order valence-corrected chi connectivity index (χ3v) is 4.20. The Labute approximate surface area is 129 Å². The van der Waals surface area contributed by atoms with Crippen LogP contribution in [0.4, 0.5) is 0 Å². The number of nitrogens with zero attached hydrogens (tertiary/aromatic N) is 1. The third kappa shape index (κ3) is 5.24. The molecular weight excluding hydrogens is 268 g/mol. The van der Waals surface area contributed by atoms with E-state index in [4.69, 9.17) is 9.47 Å². The SMILES string of the molecule is CCC1CN(C(C)CC(C)(NC(C)C)C(=O)OC)CCO1. The molecule has 1 aliphatic rings. The van der Waals surface area contributed by atoms with Crippen molar-refractivity contribution in [3.8, 4) is 0 Å². The Morgan fingerprint density at radius 1 is 1.48 bits per heavy atom. The highest BCUT2D eigenvalue weighted by Crippen LogP contribution is 2.21. The average Bonchev–Trinajstić information content (AvgIpc) is 2.45. The van der Waals surface area contributed by atoms with E-state index in [9.17, 15) is 4.79 Å². The summed E-state index contributed by atoms with van der Waals surface area (Å²) in [6, 6.07) is 0.535. The number of morpholine rings is 1. The average molecular weight is 300 g/mol. The van der Waals surface area contributed by atoms with Crippen molar-refractivity contribution < 1.29 is 14.3 Å². The highest BCUT2D eigenvalue weighted by atomic mass is 16.5. The van der Waals surface area contributed by atoms with Crippen LogP contribution in [0.5, 0.6) is 0 Å². The van der Waals surface area contributed by atoms with Gasteiger partial charge in [0, 0.05) is 25.2 Å². The highest BCUT2D eigenvalue weighted by molar-refractivity contribution is 5.80. The van der Waals surface area contributed by atoms with Gasteiger partial charge in [0.1, 0.15) is 5.54 Å². The van der Waals surface area contributed by atoms with Crippen molar-refractivity contribution in [2.45, 2.75) is 71.2 Å². The fraction of sp³-hybridized carbons (Fsp3) is 0.938. The highest BCUT2D eigenvalue weighted by Gasteiger charge is 2.38. The number of nitrogens with one attached hydrogen (secondary N) is 1. The van der Waals surface area contributed by atoms with Gasteiger partial charge in [0.15, 0.2) is 0 Å². The van der Waals surface area contributed by atoms with Crippen LogP contribution in [0.1, 0.15) is 47.5 Å². The van der Waals surface area contributed by atoms with Gasteiger partial charge in [-0.05, 0) is 40.5 Å². The summed E-state index contributed by atoms with van der Waals surface area (Å²) in [6.07, 6.45) is 2.07. The summed E-state index contributed by atoms with van der Waals surface area (Å²) in [5.41, 5.74) is -0.650. The molecule has 5 heteroatoms. The molecule has 124 valence electrons. The summed E-state index contributed by atoms with van der Waals surface area (Å²) in [5.74, 6) is -0.191. The second-order valence-corrected chi connectivity index (χ2v) is 6.57. The maximum absolute atomic E-state index is 12.2. The number of ether oxygens (including phenoxy) is 2. The predicted octanol–water partition coefficient (Wildman–Crippen LogP) is 1.81.